The summed E-state index contributed by atoms with van der Waals surface area (Å²) in [6.45, 7) is 0. The fraction of sp³-hybridized carbons (Fsp3) is 0. The molecule has 2 N–H and O–H groups in total. The third-order valence-corrected chi connectivity index (χ3v) is 3.99. The van der Waals surface area contributed by atoms with E-state index in [-0.39, 0.29) is 28.3 Å². The molecule has 0 saturated heterocycles. The largest absolute Gasteiger partial charge is 0.360 e. The van der Waals surface area contributed by atoms with Crippen molar-refractivity contribution in [3.63, 3.8) is 0 Å². The van der Waals surface area contributed by atoms with E-state index in [1.807, 2.05) is 60.7 Å². The number of hydrogen-bond acceptors (Lipinski definition) is 4. The van der Waals surface area contributed by atoms with E-state index in [9.17, 15) is 9.59 Å². The molecule has 0 unspecified atom stereocenters. The van der Waals surface area contributed by atoms with Gasteiger partial charge in [-0.15, -0.1) is 0 Å². The number of allylic oxidation sites excluding steroid dienone is 2. The van der Waals surface area contributed by atoms with Gasteiger partial charge in [0, 0.05) is 52.5 Å². The molecule has 5 heteroatoms. The molecule has 0 fully saturated rings. The number of ketones is 2. The van der Waals surface area contributed by atoms with Gasteiger partial charge in [-0.3, -0.25) is 9.59 Å². The van der Waals surface area contributed by atoms with E-state index in [0.29, 0.717) is 11.1 Å². The summed E-state index contributed by atoms with van der Waals surface area (Å²) < 4.78 is 0. The van der Waals surface area contributed by atoms with Gasteiger partial charge in [0.15, 0.2) is 11.6 Å². The van der Waals surface area contributed by atoms with Gasteiger partial charge in [0.05, 0.1) is 11.4 Å². The molecule has 0 spiro atoms. The average molecular weight is 427 g/mol. The van der Waals surface area contributed by atoms with Gasteiger partial charge in [-0.1, -0.05) is 72.8 Å². The Bertz CT molecular complexity index is 917. The molecule has 4 nitrogen and oxygen atoms in total. The second kappa shape index (κ2) is 11.4. The number of hydrogen-bond donors (Lipinski definition) is 2. The Morgan fingerprint density at radius 1 is 0.552 bits per heavy atom. The maximum Gasteiger partial charge on any atom is 0.187 e. The Labute approximate surface area is 180 Å². The summed E-state index contributed by atoms with van der Waals surface area (Å²) in [5.74, 6) is -0.154. The minimum absolute atomic E-state index is 0. The van der Waals surface area contributed by atoms with Crippen molar-refractivity contribution in [2.75, 3.05) is 10.6 Å². The van der Waals surface area contributed by atoms with E-state index in [1.165, 1.54) is 12.2 Å². The zero-order valence-electron chi connectivity index (χ0n) is 15.5. The van der Waals surface area contributed by atoms with Crippen LogP contribution in [-0.2, 0) is 16.8 Å². The Balaban J connectivity index is 0.00000300. The van der Waals surface area contributed by atoms with E-state index >= 15 is 0 Å². The molecule has 3 rings (SSSR count). The summed E-state index contributed by atoms with van der Waals surface area (Å²) >= 11 is 0. The molecule has 0 saturated carbocycles. The van der Waals surface area contributed by atoms with E-state index in [2.05, 4.69) is 10.6 Å². The molecular formula is C24H20CoN2O2. The standard InChI is InChI=1S/C24H20N2O2.Co/c27-23(19-9-3-1-4-10-19)15-17-25-21-13-7-8-14-22(21)26-18-16-24(28)20-11-5-2-6-12-20;/h1-18,25-26H;. The Morgan fingerprint density at radius 2 is 0.897 bits per heavy atom. The number of rotatable bonds is 8. The van der Waals surface area contributed by atoms with Crippen LogP contribution in [0.4, 0.5) is 11.4 Å². The molecule has 0 heterocycles. The third kappa shape index (κ3) is 6.60. The van der Waals surface area contributed by atoms with Gasteiger partial charge >= 0.3 is 0 Å². The van der Waals surface area contributed by atoms with Gasteiger partial charge in [0.1, 0.15) is 0 Å². The predicted octanol–water partition coefficient (Wildman–Crippen LogP) is 5.30. The van der Waals surface area contributed by atoms with E-state index in [4.69, 9.17) is 0 Å². The second-order valence-electron chi connectivity index (χ2n) is 5.96. The third-order valence-electron chi connectivity index (χ3n) is 3.99. The quantitative estimate of drug-likeness (QED) is 0.378. The zero-order valence-corrected chi connectivity index (χ0v) is 16.6. The van der Waals surface area contributed by atoms with Crippen molar-refractivity contribution >= 4 is 22.9 Å². The Kier molecular flexibility index (Phi) is 8.63. The maximum absolute atomic E-state index is 12.1. The normalized spacial score (nSPS) is 10.5. The van der Waals surface area contributed by atoms with Crippen LogP contribution in [0, 0.1) is 0 Å². The number of para-hydroxylation sites is 2. The van der Waals surface area contributed by atoms with Gasteiger partial charge < -0.3 is 10.6 Å². The summed E-state index contributed by atoms with van der Waals surface area (Å²) in [4.78, 5) is 24.2. The van der Waals surface area contributed by atoms with E-state index in [1.54, 1.807) is 36.7 Å². The van der Waals surface area contributed by atoms with Crippen LogP contribution in [0.3, 0.4) is 0 Å². The van der Waals surface area contributed by atoms with Crippen LogP contribution in [0.25, 0.3) is 0 Å². The van der Waals surface area contributed by atoms with Crippen LogP contribution < -0.4 is 10.6 Å². The molecule has 0 aliphatic heterocycles. The summed E-state index contributed by atoms with van der Waals surface area (Å²) in [5, 5.41) is 6.20. The van der Waals surface area contributed by atoms with Crippen molar-refractivity contribution in [2.45, 2.75) is 0 Å². The molecular weight excluding hydrogens is 407 g/mol. The first kappa shape index (κ1) is 21.9. The maximum atomic E-state index is 12.1. The van der Waals surface area contributed by atoms with Gasteiger partial charge in [-0.05, 0) is 12.1 Å². The topological polar surface area (TPSA) is 58.2 Å². The molecule has 0 amide bonds. The van der Waals surface area contributed by atoms with Gasteiger partial charge in [-0.25, -0.2) is 0 Å². The zero-order chi connectivity index (χ0) is 19.6. The predicted molar refractivity (Wildman–Crippen MR) is 114 cm³/mol. The molecule has 3 aromatic carbocycles. The molecule has 147 valence electrons. The monoisotopic (exact) mass is 427 g/mol. The molecule has 0 bridgehead atoms. The van der Waals surface area contributed by atoms with Crippen LogP contribution in [0.2, 0.25) is 0 Å². The van der Waals surface area contributed by atoms with E-state index in [0.717, 1.165) is 11.4 Å². The summed E-state index contributed by atoms with van der Waals surface area (Å²) in [6, 6.07) is 25.7. The van der Waals surface area contributed by atoms with Crippen molar-refractivity contribution in [3.8, 4) is 0 Å². The van der Waals surface area contributed by atoms with E-state index < -0.39 is 0 Å². The fourth-order valence-electron chi connectivity index (χ4n) is 2.55. The SMILES string of the molecule is O=C(C=CNc1ccccc1NC=CC(=O)c1ccccc1)c1ccccc1.[Co]. The first-order chi connectivity index (χ1) is 13.7. The smallest absolute Gasteiger partial charge is 0.187 e. The number of carbonyl (C=O) groups excluding carboxylic acids is 2. The second-order valence-corrected chi connectivity index (χ2v) is 5.96. The molecule has 29 heavy (non-hydrogen) atoms. The number of anilines is 2. The molecule has 1 radical (unpaired) electrons. The average Bonchev–Trinajstić information content (AvgIpc) is 2.76. The molecule has 0 aromatic heterocycles. The number of nitrogens with one attached hydrogen (secondary N) is 2. The Morgan fingerprint density at radius 3 is 1.28 bits per heavy atom. The number of carbonyl (C=O) groups is 2. The molecule has 0 aliphatic rings. The van der Waals surface area contributed by atoms with Gasteiger partial charge in [-0.2, -0.15) is 0 Å². The van der Waals surface area contributed by atoms with Crippen LogP contribution in [0.5, 0.6) is 0 Å². The summed E-state index contributed by atoms with van der Waals surface area (Å²) in [7, 11) is 0. The van der Waals surface area contributed by atoms with Crippen molar-refractivity contribution in [1.29, 1.82) is 0 Å². The van der Waals surface area contributed by atoms with Crippen molar-refractivity contribution in [3.05, 3.63) is 121 Å². The molecule has 0 atom stereocenters. The summed E-state index contributed by atoms with van der Waals surface area (Å²) in [6.07, 6.45) is 6.19. The first-order valence-corrected chi connectivity index (χ1v) is 8.88. The fourth-order valence-corrected chi connectivity index (χ4v) is 2.55. The van der Waals surface area contributed by atoms with Crippen LogP contribution in [-0.4, -0.2) is 11.6 Å². The summed E-state index contributed by atoms with van der Waals surface area (Å²) in [5.41, 5.74) is 2.84. The van der Waals surface area contributed by atoms with Crippen LogP contribution in [0.1, 0.15) is 20.7 Å². The Hall–Kier alpha value is -3.41. The van der Waals surface area contributed by atoms with Gasteiger partial charge in [0.25, 0.3) is 0 Å². The van der Waals surface area contributed by atoms with Crippen molar-refractivity contribution < 1.29 is 26.4 Å². The minimum atomic E-state index is -0.0770. The van der Waals surface area contributed by atoms with Crippen LogP contribution in [0.15, 0.2) is 109 Å². The minimum Gasteiger partial charge on any atom is -0.360 e. The van der Waals surface area contributed by atoms with Gasteiger partial charge in [0.2, 0.25) is 0 Å². The molecule has 0 aliphatic carbocycles. The number of benzene rings is 3. The van der Waals surface area contributed by atoms with Crippen molar-refractivity contribution in [2.24, 2.45) is 0 Å². The molecule has 3 aromatic rings. The van der Waals surface area contributed by atoms with Crippen LogP contribution >= 0.6 is 0 Å². The first-order valence-electron chi connectivity index (χ1n) is 8.88. The van der Waals surface area contributed by atoms with Crippen molar-refractivity contribution in [1.82, 2.24) is 0 Å².